The minimum absolute atomic E-state index is 0.689. The number of hydrogen-bond donors (Lipinski definition) is 1. The van der Waals surface area contributed by atoms with Crippen LogP contribution in [0.1, 0.15) is 32.6 Å². The van der Waals surface area contributed by atoms with Crippen LogP contribution in [-0.4, -0.2) is 50.3 Å². The molecule has 2 aliphatic heterocycles. The number of likely N-dealkylation sites (N-methyl/N-ethyl adjacent to an activating group) is 1. The van der Waals surface area contributed by atoms with Crippen molar-refractivity contribution in [3.8, 4) is 0 Å². The van der Waals surface area contributed by atoms with Crippen molar-refractivity contribution in [3.05, 3.63) is 0 Å². The zero-order valence-corrected chi connectivity index (χ0v) is 10.6. The largest absolute Gasteiger partial charge is 0.380 e. The number of rotatable bonds is 4. The molecule has 0 bridgehead atoms. The standard InChI is InChI=1S/C13H26N2O/c1-2-15(13-4-3-9-16-11-13)10-12-5-7-14-8-6-12/h12-14H,2-11H2,1H3. The van der Waals surface area contributed by atoms with Crippen molar-refractivity contribution in [2.75, 3.05) is 39.4 Å². The molecule has 2 fully saturated rings. The average molecular weight is 226 g/mol. The summed E-state index contributed by atoms with van der Waals surface area (Å²) < 4.78 is 5.60. The molecule has 0 radical (unpaired) electrons. The summed E-state index contributed by atoms with van der Waals surface area (Å²) in [6.45, 7) is 9.10. The van der Waals surface area contributed by atoms with Crippen molar-refractivity contribution in [2.24, 2.45) is 5.92 Å². The van der Waals surface area contributed by atoms with Gasteiger partial charge < -0.3 is 10.1 Å². The van der Waals surface area contributed by atoms with Crippen molar-refractivity contribution in [3.63, 3.8) is 0 Å². The van der Waals surface area contributed by atoms with Crippen molar-refractivity contribution in [1.29, 1.82) is 0 Å². The summed E-state index contributed by atoms with van der Waals surface area (Å²) in [7, 11) is 0. The summed E-state index contributed by atoms with van der Waals surface area (Å²) >= 11 is 0. The van der Waals surface area contributed by atoms with Crippen molar-refractivity contribution in [1.82, 2.24) is 10.2 Å². The third-order valence-electron chi connectivity index (χ3n) is 4.01. The lowest BCUT2D eigenvalue weighted by molar-refractivity contribution is 0.0123. The third kappa shape index (κ3) is 3.44. The molecule has 3 heteroatoms. The molecule has 3 nitrogen and oxygen atoms in total. The molecule has 0 aliphatic carbocycles. The predicted octanol–water partition coefficient (Wildman–Crippen LogP) is 1.49. The highest BCUT2D eigenvalue weighted by Gasteiger charge is 2.23. The Labute approximate surface area is 99.5 Å². The first-order chi connectivity index (χ1) is 7.90. The average Bonchev–Trinajstić information content (AvgIpc) is 2.38. The maximum atomic E-state index is 5.60. The highest BCUT2D eigenvalue weighted by atomic mass is 16.5. The molecule has 2 rings (SSSR count). The molecule has 0 spiro atoms. The van der Waals surface area contributed by atoms with Crippen LogP contribution in [0.15, 0.2) is 0 Å². The molecule has 2 aliphatic rings. The van der Waals surface area contributed by atoms with Gasteiger partial charge >= 0.3 is 0 Å². The van der Waals surface area contributed by atoms with Gasteiger partial charge in [-0.15, -0.1) is 0 Å². The summed E-state index contributed by atoms with van der Waals surface area (Å²) in [5.74, 6) is 0.906. The second-order valence-corrected chi connectivity index (χ2v) is 5.15. The molecule has 1 atom stereocenters. The van der Waals surface area contributed by atoms with Crippen LogP contribution in [0.4, 0.5) is 0 Å². The minimum Gasteiger partial charge on any atom is -0.380 e. The first-order valence-corrected chi connectivity index (χ1v) is 6.92. The Morgan fingerprint density at radius 2 is 2.06 bits per heavy atom. The van der Waals surface area contributed by atoms with Gasteiger partial charge in [0.2, 0.25) is 0 Å². The van der Waals surface area contributed by atoms with Gasteiger partial charge in [0.25, 0.3) is 0 Å². The molecular formula is C13H26N2O. The van der Waals surface area contributed by atoms with E-state index in [1.807, 2.05) is 0 Å². The number of nitrogens with zero attached hydrogens (tertiary/aromatic N) is 1. The minimum atomic E-state index is 0.689. The molecule has 0 aromatic carbocycles. The Morgan fingerprint density at radius 1 is 1.25 bits per heavy atom. The Balaban J connectivity index is 1.78. The van der Waals surface area contributed by atoms with E-state index in [-0.39, 0.29) is 0 Å². The third-order valence-corrected chi connectivity index (χ3v) is 4.01. The smallest absolute Gasteiger partial charge is 0.0621 e. The van der Waals surface area contributed by atoms with Gasteiger partial charge in [-0.3, -0.25) is 4.90 Å². The van der Waals surface area contributed by atoms with Gasteiger partial charge in [0, 0.05) is 19.2 Å². The van der Waals surface area contributed by atoms with Crippen LogP contribution in [-0.2, 0) is 4.74 Å². The van der Waals surface area contributed by atoms with E-state index in [1.54, 1.807) is 0 Å². The summed E-state index contributed by atoms with van der Waals surface area (Å²) in [6.07, 6.45) is 5.28. The lowest BCUT2D eigenvalue weighted by atomic mass is 9.96. The van der Waals surface area contributed by atoms with E-state index < -0.39 is 0 Å². The maximum Gasteiger partial charge on any atom is 0.0621 e. The summed E-state index contributed by atoms with van der Waals surface area (Å²) in [5, 5.41) is 3.44. The van der Waals surface area contributed by atoms with Crippen LogP contribution in [0, 0.1) is 5.92 Å². The number of ether oxygens (including phenoxy) is 1. The Bertz CT molecular complexity index is 186. The van der Waals surface area contributed by atoms with Crippen molar-refractivity contribution < 1.29 is 4.74 Å². The molecule has 2 saturated heterocycles. The maximum absolute atomic E-state index is 5.60. The monoisotopic (exact) mass is 226 g/mol. The topological polar surface area (TPSA) is 24.5 Å². The molecule has 0 aromatic rings. The second kappa shape index (κ2) is 6.58. The number of hydrogen-bond acceptors (Lipinski definition) is 3. The van der Waals surface area contributed by atoms with E-state index in [1.165, 1.54) is 51.9 Å². The molecule has 1 unspecified atom stereocenters. The van der Waals surface area contributed by atoms with Gasteiger partial charge in [-0.2, -0.15) is 0 Å². The zero-order valence-electron chi connectivity index (χ0n) is 10.6. The van der Waals surface area contributed by atoms with Crippen molar-refractivity contribution in [2.45, 2.75) is 38.6 Å². The summed E-state index contributed by atoms with van der Waals surface area (Å²) in [4.78, 5) is 2.65. The summed E-state index contributed by atoms with van der Waals surface area (Å²) in [5.41, 5.74) is 0. The van der Waals surface area contributed by atoms with Crippen LogP contribution < -0.4 is 5.32 Å². The van der Waals surface area contributed by atoms with E-state index in [0.29, 0.717) is 6.04 Å². The molecule has 0 saturated carbocycles. The zero-order chi connectivity index (χ0) is 11.2. The lowest BCUT2D eigenvalue weighted by Gasteiger charge is -2.36. The Hall–Kier alpha value is -0.120. The van der Waals surface area contributed by atoms with E-state index in [0.717, 1.165) is 19.1 Å². The molecule has 2 heterocycles. The van der Waals surface area contributed by atoms with Gasteiger partial charge in [0.05, 0.1) is 6.61 Å². The number of nitrogens with one attached hydrogen (secondary N) is 1. The number of piperidine rings is 1. The van der Waals surface area contributed by atoms with Gasteiger partial charge in [-0.1, -0.05) is 6.92 Å². The van der Waals surface area contributed by atoms with Crippen LogP contribution in [0.5, 0.6) is 0 Å². The van der Waals surface area contributed by atoms with Gasteiger partial charge in [0.15, 0.2) is 0 Å². The molecule has 16 heavy (non-hydrogen) atoms. The SMILES string of the molecule is CCN(CC1CCNCC1)C1CCCOC1. The predicted molar refractivity (Wildman–Crippen MR) is 66.7 cm³/mol. The highest BCUT2D eigenvalue weighted by molar-refractivity contribution is 4.78. The summed E-state index contributed by atoms with van der Waals surface area (Å²) in [6, 6.07) is 0.689. The first-order valence-electron chi connectivity index (χ1n) is 6.92. The van der Waals surface area contributed by atoms with E-state index in [2.05, 4.69) is 17.1 Å². The lowest BCUT2D eigenvalue weighted by Crippen LogP contribution is -2.45. The highest BCUT2D eigenvalue weighted by Crippen LogP contribution is 2.18. The fourth-order valence-corrected chi connectivity index (χ4v) is 2.94. The van der Waals surface area contributed by atoms with Crippen LogP contribution in [0.2, 0.25) is 0 Å². The first kappa shape index (κ1) is 12.3. The van der Waals surface area contributed by atoms with Crippen LogP contribution in [0.3, 0.4) is 0 Å². The van der Waals surface area contributed by atoms with E-state index >= 15 is 0 Å². The quantitative estimate of drug-likeness (QED) is 0.786. The van der Waals surface area contributed by atoms with Gasteiger partial charge in [-0.25, -0.2) is 0 Å². The van der Waals surface area contributed by atoms with Gasteiger partial charge in [0.1, 0.15) is 0 Å². The molecule has 94 valence electrons. The fourth-order valence-electron chi connectivity index (χ4n) is 2.94. The van der Waals surface area contributed by atoms with Crippen LogP contribution >= 0.6 is 0 Å². The normalized spacial score (nSPS) is 28.5. The molecule has 1 N–H and O–H groups in total. The van der Waals surface area contributed by atoms with E-state index in [9.17, 15) is 0 Å². The van der Waals surface area contributed by atoms with Gasteiger partial charge in [-0.05, 0) is 51.2 Å². The van der Waals surface area contributed by atoms with Crippen molar-refractivity contribution >= 4 is 0 Å². The fraction of sp³-hybridized carbons (Fsp3) is 1.00. The Kier molecular flexibility index (Phi) is 5.07. The molecule has 0 amide bonds. The second-order valence-electron chi connectivity index (χ2n) is 5.15. The Morgan fingerprint density at radius 3 is 2.69 bits per heavy atom. The molecule has 0 aromatic heterocycles. The molecular weight excluding hydrogens is 200 g/mol. The van der Waals surface area contributed by atoms with Crippen LogP contribution in [0.25, 0.3) is 0 Å². The van der Waals surface area contributed by atoms with E-state index in [4.69, 9.17) is 4.74 Å².